The number of fused-ring (bicyclic) bond motifs is 1. The molecule has 140 valence electrons. The van der Waals surface area contributed by atoms with Crippen LogP contribution in [0.25, 0.3) is 22.3 Å². The molecule has 3 N–H and O–H groups in total. The second-order valence-corrected chi connectivity index (χ2v) is 6.84. The van der Waals surface area contributed by atoms with E-state index < -0.39 is 0 Å². The molecule has 1 fully saturated rings. The third-order valence-corrected chi connectivity index (χ3v) is 4.99. The van der Waals surface area contributed by atoms with Gasteiger partial charge in [0.15, 0.2) is 0 Å². The number of aryl methyl sites for hydroxylation is 1. The molecule has 0 spiro atoms. The van der Waals surface area contributed by atoms with Crippen molar-refractivity contribution in [2.24, 2.45) is 5.73 Å². The van der Waals surface area contributed by atoms with Gasteiger partial charge in [-0.3, -0.25) is 4.79 Å². The van der Waals surface area contributed by atoms with Gasteiger partial charge in [0.2, 0.25) is 0 Å². The monoisotopic (exact) mass is 394 g/mol. The summed E-state index contributed by atoms with van der Waals surface area (Å²) in [5, 5.41) is 1.03. The molecular weight excluding hydrogens is 371 g/mol. The Hall–Kier alpha value is -1.82. The van der Waals surface area contributed by atoms with Crippen LogP contribution in [0.5, 0.6) is 0 Å². The van der Waals surface area contributed by atoms with Crippen LogP contribution in [0, 0.1) is 6.92 Å². The highest BCUT2D eigenvalue weighted by Crippen LogP contribution is 2.31. The molecule has 0 unspecified atom stereocenters. The summed E-state index contributed by atoms with van der Waals surface area (Å²) >= 11 is 0. The zero-order chi connectivity index (χ0) is 16.7. The number of nitrogens with two attached hydrogens (primary N) is 1. The average Bonchev–Trinajstić information content (AvgIpc) is 3.04. The normalized spacial score (nSPS) is 19.6. The summed E-state index contributed by atoms with van der Waals surface area (Å²) in [7, 11) is 0. The number of hydrogen-bond donors (Lipinski definition) is 2. The van der Waals surface area contributed by atoms with Crippen LogP contribution in [-0.4, -0.2) is 20.6 Å². The van der Waals surface area contributed by atoms with Gasteiger partial charge >= 0.3 is 0 Å². The lowest BCUT2D eigenvalue weighted by molar-refractivity contribution is 0.322. The molecule has 2 aromatic heterocycles. The van der Waals surface area contributed by atoms with Gasteiger partial charge in [0.05, 0.1) is 5.56 Å². The van der Waals surface area contributed by atoms with E-state index in [1.165, 1.54) is 5.56 Å². The third kappa shape index (κ3) is 3.80. The molecule has 7 heteroatoms. The number of hydrogen-bond acceptors (Lipinski definition) is 3. The number of rotatable bonds is 2. The Kier molecular flexibility index (Phi) is 6.50. The van der Waals surface area contributed by atoms with Gasteiger partial charge < -0.3 is 15.3 Å². The van der Waals surface area contributed by atoms with E-state index in [4.69, 9.17) is 5.73 Å². The Balaban J connectivity index is 0.00000121. The summed E-state index contributed by atoms with van der Waals surface area (Å²) in [5.41, 5.74) is 8.69. The van der Waals surface area contributed by atoms with Crippen molar-refractivity contribution in [1.82, 2.24) is 14.5 Å². The number of aromatic amines is 1. The highest BCUT2D eigenvalue weighted by Gasteiger charge is 2.23. The number of benzene rings is 1. The topological polar surface area (TPSA) is 76.7 Å². The summed E-state index contributed by atoms with van der Waals surface area (Å²) in [6, 6.07) is 8.53. The Morgan fingerprint density at radius 3 is 2.81 bits per heavy atom. The Morgan fingerprint density at radius 2 is 2.04 bits per heavy atom. The molecule has 1 aliphatic rings. The van der Waals surface area contributed by atoms with Crippen LogP contribution in [0.2, 0.25) is 0 Å². The van der Waals surface area contributed by atoms with E-state index in [0.29, 0.717) is 11.6 Å². The largest absolute Gasteiger partial charge is 0.328 e. The second-order valence-electron chi connectivity index (χ2n) is 6.84. The first-order valence-electron chi connectivity index (χ1n) is 8.54. The number of imidazole rings is 1. The number of H-pyrrole nitrogens is 1. The minimum Gasteiger partial charge on any atom is -0.328 e. The fraction of sp³-hybridized carbons (Fsp3) is 0.368. The van der Waals surface area contributed by atoms with Crippen molar-refractivity contribution in [3.05, 3.63) is 52.6 Å². The van der Waals surface area contributed by atoms with Crippen LogP contribution < -0.4 is 11.3 Å². The molecule has 0 saturated heterocycles. The van der Waals surface area contributed by atoms with E-state index in [2.05, 4.69) is 27.5 Å². The van der Waals surface area contributed by atoms with Gasteiger partial charge in [0.25, 0.3) is 5.56 Å². The molecule has 0 aliphatic heterocycles. The molecule has 1 aromatic carbocycles. The van der Waals surface area contributed by atoms with Gasteiger partial charge in [-0.1, -0.05) is 11.6 Å². The highest BCUT2D eigenvalue weighted by atomic mass is 35.5. The predicted octanol–water partition coefficient (Wildman–Crippen LogP) is 3.99. The van der Waals surface area contributed by atoms with Gasteiger partial charge in [0.1, 0.15) is 5.82 Å². The minimum atomic E-state index is -0.0982. The lowest BCUT2D eigenvalue weighted by atomic mass is 9.91. The number of halogens is 2. The zero-order valence-corrected chi connectivity index (χ0v) is 16.3. The fourth-order valence-electron chi connectivity index (χ4n) is 3.76. The Bertz CT molecular complexity index is 950. The Morgan fingerprint density at radius 1 is 1.23 bits per heavy atom. The van der Waals surface area contributed by atoms with Crippen LogP contribution >= 0.6 is 24.8 Å². The van der Waals surface area contributed by atoms with Gasteiger partial charge in [-0.15, -0.1) is 24.8 Å². The third-order valence-electron chi connectivity index (χ3n) is 4.99. The summed E-state index contributed by atoms with van der Waals surface area (Å²) < 4.78 is 2.13. The number of pyridine rings is 1. The van der Waals surface area contributed by atoms with E-state index in [-0.39, 0.29) is 36.4 Å². The van der Waals surface area contributed by atoms with Crippen molar-refractivity contribution < 1.29 is 0 Å². The van der Waals surface area contributed by atoms with Crippen LogP contribution in [0.4, 0.5) is 0 Å². The SMILES string of the molecule is Cc1ccc2[nH]c(=O)c(-c3nccn3[C@@H]3CCC[C@@H](N)C3)cc2c1.Cl.Cl. The van der Waals surface area contributed by atoms with E-state index in [1.54, 1.807) is 6.20 Å². The van der Waals surface area contributed by atoms with Crippen LogP contribution in [0.15, 0.2) is 41.5 Å². The van der Waals surface area contributed by atoms with Gasteiger partial charge in [-0.25, -0.2) is 4.98 Å². The first-order chi connectivity index (χ1) is 11.6. The van der Waals surface area contributed by atoms with Crippen molar-refractivity contribution >= 4 is 35.7 Å². The minimum absolute atomic E-state index is 0. The molecular formula is C19H24Cl2N4O. The number of aromatic nitrogens is 3. The lowest BCUT2D eigenvalue weighted by Gasteiger charge is -2.28. The maximum Gasteiger partial charge on any atom is 0.259 e. The predicted molar refractivity (Wildman–Crippen MR) is 111 cm³/mol. The van der Waals surface area contributed by atoms with Crippen molar-refractivity contribution in [2.75, 3.05) is 0 Å². The molecule has 0 radical (unpaired) electrons. The molecule has 1 saturated carbocycles. The van der Waals surface area contributed by atoms with Gasteiger partial charge in [0, 0.05) is 30.0 Å². The molecule has 1 aliphatic carbocycles. The molecule has 3 aromatic rings. The van der Waals surface area contributed by atoms with Crippen molar-refractivity contribution in [3.8, 4) is 11.4 Å². The molecule has 2 atom stereocenters. The maximum atomic E-state index is 12.6. The quantitative estimate of drug-likeness (QED) is 0.689. The molecule has 4 rings (SSSR count). The molecule has 5 nitrogen and oxygen atoms in total. The van der Waals surface area contributed by atoms with Gasteiger partial charge in [-0.2, -0.15) is 0 Å². The maximum absolute atomic E-state index is 12.6. The van der Waals surface area contributed by atoms with Crippen molar-refractivity contribution in [2.45, 2.75) is 44.7 Å². The lowest BCUT2D eigenvalue weighted by Crippen LogP contribution is -2.29. The molecule has 2 heterocycles. The van der Waals surface area contributed by atoms with E-state index in [1.807, 2.05) is 24.4 Å². The molecule has 0 amide bonds. The zero-order valence-electron chi connectivity index (χ0n) is 14.6. The molecule has 26 heavy (non-hydrogen) atoms. The van der Waals surface area contributed by atoms with Crippen LogP contribution in [-0.2, 0) is 0 Å². The van der Waals surface area contributed by atoms with Crippen molar-refractivity contribution in [1.29, 1.82) is 0 Å². The van der Waals surface area contributed by atoms with E-state index >= 15 is 0 Å². The van der Waals surface area contributed by atoms with E-state index in [9.17, 15) is 4.79 Å². The smallest absolute Gasteiger partial charge is 0.259 e. The van der Waals surface area contributed by atoms with Crippen molar-refractivity contribution in [3.63, 3.8) is 0 Å². The summed E-state index contributed by atoms with van der Waals surface area (Å²) in [6.45, 7) is 2.05. The number of nitrogens with zero attached hydrogens (tertiary/aromatic N) is 2. The summed E-state index contributed by atoms with van der Waals surface area (Å²) in [5.74, 6) is 0.735. The van der Waals surface area contributed by atoms with Crippen LogP contribution in [0.3, 0.4) is 0 Å². The second kappa shape index (κ2) is 8.25. The standard InChI is InChI=1S/C19H22N4O.2ClH/c1-12-5-6-17-13(9-12)10-16(19(24)22-17)18-21-7-8-23(18)15-4-2-3-14(20)11-15;;/h5-10,14-15H,2-4,11,20H2,1H3,(H,22,24);2*1H/t14-,15-;;/m1../s1. The summed E-state index contributed by atoms with van der Waals surface area (Å²) in [6.07, 6.45) is 7.97. The molecule has 0 bridgehead atoms. The fourth-order valence-corrected chi connectivity index (χ4v) is 3.76. The van der Waals surface area contributed by atoms with E-state index in [0.717, 1.165) is 42.4 Å². The highest BCUT2D eigenvalue weighted by molar-refractivity contribution is 5.85. The van der Waals surface area contributed by atoms with Gasteiger partial charge in [-0.05, 0) is 56.2 Å². The first-order valence-corrected chi connectivity index (χ1v) is 8.54. The average molecular weight is 395 g/mol. The number of nitrogens with one attached hydrogen (secondary N) is 1. The van der Waals surface area contributed by atoms with Crippen LogP contribution in [0.1, 0.15) is 37.3 Å². The first kappa shape index (κ1) is 20.5. The Labute approximate surface area is 164 Å². The summed E-state index contributed by atoms with van der Waals surface area (Å²) in [4.78, 5) is 20.0.